The maximum atomic E-state index is 4.73. The van der Waals surface area contributed by atoms with Crippen LogP contribution in [0.4, 0.5) is 5.82 Å². The number of H-pyrrole nitrogens is 1. The van der Waals surface area contributed by atoms with Crippen LogP contribution in [0.25, 0.3) is 11.0 Å². The summed E-state index contributed by atoms with van der Waals surface area (Å²) in [6.07, 6.45) is 3.25. The Morgan fingerprint density at radius 1 is 1.29 bits per heavy atom. The van der Waals surface area contributed by atoms with E-state index in [2.05, 4.69) is 58.6 Å². The van der Waals surface area contributed by atoms with Crippen molar-refractivity contribution in [1.29, 1.82) is 0 Å². The van der Waals surface area contributed by atoms with Gasteiger partial charge >= 0.3 is 0 Å². The summed E-state index contributed by atoms with van der Waals surface area (Å²) in [5.41, 5.74) is 1.92. The summed E-state index contributed by atoms with van der Waals surface area (Å²) in [5, 5.41) is 14.3. The maximum absolute atomic E-state index is 4.73. The van der Waals surface area contributed by atoms with Crippen LogP contribution in [0.2, 0.25) is 0 Å². The van der Waals surface area contributed by atoms with Crippen molar-refractivity contribution in [3.63, 3.8) is 0 Å². The number of aromatic nitrogens is 5. The lowest BCUT2D eigenvalue weighted by molar-refractivity contribution is 0.569. The van der Waals surface area contributed by atoms with Crippen molar-refractivity contribution in [2.24, 2.45) is 0 Å². The lowest BCUT2D eigenvalue weighted by Gasteiger charge is -2.15. The van der Waals surface area contributed by atoms with Crippen LogP contribution in [0.1, 0.15) is 44.4 Å². The van der Waals surface area contributed by atoms with Crippen molar-refractivity contribution in [1.82, 2.24) is 25.1 Å². The largest absolute Gasteiger partial charge is 0.360 e. The molecule has 0 spiro atoms. The predicted molar refractivity (Wildman–Crippen MR) is 84.5 cm³/mol. The molecular weight excluding hydrogens is 284 g/mol. The van der Waals surface area contributed by atoms with E-state index in [0.717, 1.165) is 27.6 Å². The molecule has 0 fully saturated rings. The Morgan fingerprint density at radius 3 is 2.81 bits per heavy atom. The second-order valence-corrected chi connectivity index (χ2v) is 6.93. The highest BCUT2D eigenvalue weighted by atomic mass is 32.1. The first-order valence-electron chi connectivity index (χ1n) is 6.81. The van der Waals surface area contributed by atoms with Crippen molar-refractivity contribution in [3.05, 3.63) is 28.6 Å². The van der Waals surface area contributed by atoms with Crippen LogP contribution in [0.3, 0.4) is 0 Å². The SMILES string of the molecule is CC(Nc1ncnc2[nH]ncc12)c1nc(C(C)(C)C)cs1. The summed E-state index contributed by atoms with van der Waals surface area (Å²) in [6.45, 7) is 8.59. The topological polar surface area (TPSA) is 79.4 Å². The number of anilines is 1. The Labute approximate surface area is 127 Å². The van der Waals surface area contributed by atoms with Gasteiger partial charge in [0.1, 0.15) is 17.2 Å². The number of aromatic amines is 1. The van der Waals surface area contributed by atoms with E-state index in [1.165, 1.54) is 6.33 Å². The molecular formula is C14H18N6S. The fourth-order valence-electron chi connectivity index (χ4n) is 1.98. The van der Waals surface area contributed by atoms with Gasteiger partial charge in [0.25, 0.3) is 0 Å². The summed E-state index contributed by atoms with van der Waals surface area (Å²) in [4.78, 5) is 13.2. The van der Waals surface area contributed by atoms with E-state index < -0.39 is 0 Å². The van der Waals surface area contributed by atoms with Gasteiger partial charge in [-0.3, -0.25) is 5.10 Å². The van der Waals surface area contributed by atoms with Crippen molar-refractivity contribution in [2.75, 3.05) is 5.32 Å². The van der Waals surface area contributed by atoms with E-state index in [4.69, 9.17) is 4.98 Å². The number of rotatable bonds is 3. The monoisotopic (exact) mass is 302 g/mol. The van der Waals surface area contributed by atoms with E-state index in [1.54, 1.807) is 17.5 Å². The van der Waals surface area contributed by atoms with Gasteiger partial charge in [0.05, 0.1) is 23.3 Å². The first-order chi connectivity index (χ1) is 9.95. The molecule has 3 heterocycles. The second-order valence-electron chi connectivity index (χ2n) is 6.04. The molecule has 0 saturated carbocycles. The average molecular weight is 302 g/mol. The summed E-state index contributed by atoms with van der Waals surface area (Å²) in [5.74, 6) is 0.772. The smallest absolute Gasteiger partial charge is 0.160 e. The summed E-state index contributed by atoms with van der Waals surface area (Å²) in [7, 11) is 0. The summed E-state index contributed by atoms with van der Waals surface area (Å²) < 4.78 is 0. The third-order valence-electron chi connectivity index (χ3n) is 3.26. The van der Waals surface area contributed by atoms with Gasteiger partial charge in [0.15, 0.2) is 5.65 Å². The number of nitrogens with one attached hydrogen (secondary N) is 2. The minimum atomic E-state index is 0.0706. The zero-order valence-corrected chi connectivity index (χ0v) is 13.3. The van der Waals surface area contributed by atoms with Crippen molar-refractivity contribution in [3.8, 4) is 0 Å². The van der Waals surface area contributed by atoms with E-state index in [1.807, 2.05) is 0 Å². The van der Waals surface area contributed by atoms with Crippen LogP contribution in [0, 0.1) is 0 Å². The Hall–Kier alpha value is -2.02. The average Bonchev–Trinajstić information content (AvgIpc) is 3.07. The molecule has 3 rings (SSSR count). The zero-order valence-electron chi connectivity index (χ0n) is 12.5. The molecule has 3 aromatic heterocycles. The summed E-state index contributed by atoms with van der Waals surface area (Å²) in [6, 6.07) is 0.0825. The summed E-state index contributed by atoms with van der Waals surface area (Å²) >= 11 is 1.67. The van der Waals surface area contributed by atoms with Crippen molar-refractivity contribution >= 4 is 28.2 Å². The number of nitrogens with zero attached hydrogens (tertiary/aromatic N) is 4. The molecule has 110 valence electrons. The molecule has 2 N–H and O–H groups in total. The molecule has 0 aliphatic rings. The molecule has 0 radical (unpaired) electrons. The highest BCUT2D eigenvalue weighted by Gasteiger charge is 2.20. The fraction of sp³-hybridized carbons (Fsp3) is 0.429. The Kier molecular flexibility index (Phi) is 3.36. The number of fused-ring (bicyclic) bond motifs is 1. The fourth-order valence-corrected chi connectivity index (χ4v) is 3.03. The van der Waals surface area contributed by atoms with Crippen LogP contribution in [-0.2, 0) is 5.41 Å². The van der Waals surface area contributed by atoms with Gasteiger partial charge in [0, 0.05) is 10.8 Å². The van der Waals surface area contributed by atoms with Gasteiger partial charge in [-0.1, -0.05) is 20.8 Å². The van der Waals surface area contributed by atoms with Gasteiger partial charge < -0.3 is 5.32 Å². The zero-order chi connectivity index (χ0) is 15.0. The molecule has 1 unspecified atom stereocenters. The van der Waals surface area contributed by atoms with E-state index in [9.17, 15) is 0 Å². The van der Waals surface area contributed by atoms with Gasteiger partial charge in [-0.05, 0) is 6.92 Å². The van der Waals surface area contributed by atoms with Crippen LogP contribution < -0.4 is 5.32 Å². The van der Waals surface area contributed by atoms with E-state index >= 15 is 0 Å². The third-order valence-corrected chi connectivity index (χ3v) is 4.29. The number of hydrogen-bond donors (Lipinski definition) is 2. The number of thiazole rings is 1. The van der Waals surface area contributed by atoms with Gasteiger partial charge in [-0.25, -0.2) is 15.0 Å². The molecule has 0 bridgehead atoms. The van der Waals surface area contributed by atoms with Gasteiger partial charge in [-0.15, -0.1) is 11.3 Å². The minimum Gasteiger partial charge on any atom is -0.360 e. The first-order valence-corrected chi connectivity index (χ1v) is 7.69. The van der Waals surface area contributed by atoms with Gasteiger partial charge in [0.2, 0.25) is 0 Å². The standard InChI is InChI=1S/C14H18N6S/c1-8(13-19-10(6-21-13)14(2,3)4)18-11-9-5-17-20-12(9)16-7-15-11/h5-8H,1-4H3,(H2,15,16,17,18,20). The van der Waals surface area contributed by atoms with Crippen molar-refractivity contribution < 1.29 is 0 Å². The maximum Gasteiger partial charge on any atom is 0.160 e. The van der Waals surface area contributed by atoms with Crippen LogP contribution in [-0.4, -0.2) is 25.1 Å². The first kappa shape index (κ1) is 13.9. The van der Waals surface area contributed by atoms with Crippen LogP contribution in [0.5, 0.6) is 0 Å². The number of hydrogen-bond acceptors (Lipinski definition) is 6. The Balaban J connectivity index is 1.85. The quantitative estimate of drug-likeness (QED) is 0.776. The molecule has 0 aromatic carbocycles. The molecule has 0 aliphatic heterocycles. The third kappa shape index (κ3) is 2.73. The highest BCUT2D eigenvalue weighted by molar-refractivity contribution is 7.09. The van der Waals surface area contributed by atoms with Gasteiger partial charge in [-0.2, -0.15) is 5.10 Å². The second kappa shape index (κ2) is 5.07. The lowest BCUT2D eigenvalue weighted by atomic mass is 9.93. The molecule has 21 heavy (non-hydrogen) atoms. The van der Waals surface area contributed by atoms with E-state index in [-0.39, 0.29) is 11.5 Å². The molecule has 7 heteroatoms. The molecule has 3 aromatic rings. The Morgan fingerprint density at radius 2 is 2.10 bits per heavy atom. The van der Waals surface area contributed by atoms with Crippen molar-refractivity contribution in [2.45, 2.75) is 39.2 Å². The molecule has 0 aliphatic carbocycles. The Bertz CT molecular complexity index is 754. The minimum absolute atomic E-state index is 0.0706. The van der Waals surface area contributed by atoms with E-state index in [0.29, 0.717) is 0 Å². The molecule has 0 saturated heterocycles. The highest BCUT2D eigenvalue weighted by Crippen LogP contribution is 2.29. The lowest BCUT2D eigenvalue weighted by Crippen LogP contribution is -2.13. The predicted octanol–water partition coefficient (Wildman–Crippen LogP) is 3.28. The molecule has 0 amide bonds. The van der Waals surface area contributed by atoms with Crippen LogP contribution in [0.15, 0.2) is 17.9 Å². The molecule has 6 nitrogen and oxygen atoms in total. The normalized spacial score (nSPS) is 13.5. The van der Waals surface area contributed by atoms with Crippen LogP contribution >= 0.6 is 11.3 Å². The molecule has 1 atom stereocenters.